The summed E-state index contributed by atoms with van der Waals surface area (Å²) in [6.45, 7) is 4.22. The molecule has 0 atom stereocenters. The summed E-state index contributed by atoms with van der Waals surface area (Å²) < 4.78 is 8.12. The Morgan fingerprint density at radius 2 is 2.07 bits per heavy atom. The highest BCUT2D eigenvalue weighted by molar-refractivity contribution is 7.99. The smallest absolute Gasteiger partial charge is 0.196 e. The van der Waals surface area contributed by atoms with Crippen LogP contribution in [0.1, 0.15) is 49.6 Å². The maximum absolute atomic E-state index is 6.05. The van der Waals surface area contributed by atoms with Crippen LogP contribution in [0, 0.1) is 18.8 Å². The molecular formula is C23H24N4OS. The molecule has 6 heteroatoms. The lowest BCUT2D eigenvalue weighted by Crippen LogP contribution is -2.08. The fraction of sp³-hybridized carbons (Fsp3) is 0.348. The van der Waals surface area contributed by atoms with Crippen molar-refractivity contribution in [3.63, 3.8) is 0 Å². The lowest BCUT2D eigenvalue weighted by Gasteiger charge is -2.13. The lowest BCUT2D eigenvalue weighted by molar-refractivity contribution is 0.292. The minimum absolute atomic E-state index is 0.339. The molecule has 1 saturated carbocycles. The van der Waals surface area contributed by atoms with Gasteiger partial charge in [-0.15, -0.1) is 16.1 Å². The Bertz CT molecular complexity index is 1030. The fourth-order valence-corrected chi connectivity index (χ4v) is 4.79. The van der Waals surface area contributed by atoms with Gasteiger partial charge in [0.2, 0.25) is 0 Å². The van der Waals surface area contributed by atoms with E-state index >= 15 is 0 Å². The molecule has 148 valence electrons. The molecule has 2 aromatic heterocycles. The van der Waals surface area contributed by atoms with Gasteiger partial charge in [0, 0.05) is 17.0 Å². The largest absolute Gasteiger partial charge is 0.486 e. The van der Waals surface area contributed by atoms with E-state index in [2.05, 4.69) is 31.6 Å². The third-order valence-corrected chi connectivity index (χ3v) is 6.28. The predicted octanol–water partition coefficient (Wildman–Crippen LogP) is 4.96. The van der Waals surface area contributed by atoms with E-state index in [0.29, 0.717) is 11.9 Å². The SMILES string of the molecule is CC#Cc1ccc(OCc2nnc(SC3CCCC3)n2-c2cccnc2)cc1C. The molecule has 5 nitrogen and oxygen atoms in total. The normalized spacial score (nSPS) is 13.9. The van der Waals surface area contributed by atoms with Gasteiger partial charge in [-0.3, -0.25) is 9.55 Å². The number of aryl methyl sites for hydroxylation is 1. The molecule has 3 aromatic rings. The van der Waals surface area contributed by atoms with Crippen LogP contribution in [0.4, 0.5) is 0 Å². The molecule has 0 saturated heterocycles. The van der Waals surface area contributed by atoms with E-state index in [1.807, 2.05) is 62.1 Å². The molecule has 0 radical (unpaired) electrons. The standard InChI is InChI=1S/C23H24N4OS/c1-3-7-18-11-12-20(14-17(18)2)28-16-22-25-26-23(29-21-9-4-5-10-21)27(22)19-8-6-13-24-15-19/h6,8,11-15,21H,4-5,9-10,16H2,1-2H3. The zero-order chi connectivity index (χ0) is 20.1. The molecule has 0 N–H and O–H groups in total. The topological polar surface area (TPSA) is 52.8 Å². The van der Waals surface area contributed by atoms with Gasteiger partial charge in [-0.1, -0.05) is 30.5 Å². The zero-order valence-corrected chi connectivity index (χ0v) is 17.6. The van der Waals surface area contributed by atoms with Crippen molar-refractivity contribution in [1.82, 2.24) is 19.7 Å². The molecule has 1 aliphatic rings. The van der Waals surface area contributed by atoms with Gasteiger partial charge in [-0.25, -0.2) is 0 Å². The summed E-state index contributed by atoms with van der Waals surface area (Å²) in [7, 11) is 0. The van der Waals surface area contributed by atoms with Crippen LogP contribution in [0.15, 0.2) is 47.9 Å². The molecule has 1 aliphatic carbocycles. The van der Waals surface area contributed by atoms with Gasteiger partial charge in [0.1, 0.15) is 12.4 Å². The summed E-state index contributed by atoms with van der Waals surface area (Å²) in [5, 5.41) is 10.4. The Morgan fingerprint density at radius 3 is 2.79 bits per heavy atom. The number of ether oxygens (including phenoxy) is 1. The second-order valence-electron chi connectivity index (χ2n) is 7.11. The Morgan fingerprint density at radius 1 is 1.21 bits per heavy atom. The van der Waals surface area contributed by atoms with Crippen LogP contribution in [0.25, 0.3) is 5.69 Å². The molecule has 1 aromatic carbocycles. The van der Waals surface area contributed by atoms with Crippen molar-refractivity contribution in [2.75, 3.05) is 0 Å². The number of hydrogen-bond donors (Lipinski definition) is 0. The number of aromatic nitrogens is 4. The summed E-state index contributed by atoms with van der Waals surface area (Å²) in [5.74, 6) is 7.62. The van der Waals surface area contributed by atoms with Crippen LogP contribution in [0.2, 0.25) is 0 Å². The van der Waals surface area contributed by atoms with Crippen LogP contribution >= 0.6 is 11.8 Å². The summed E-state index contributed by atoms with van der Waals surface area (Å²) in [6.07, 6.45) is 8.69. The van der Waals surface area contributed by atoms with Gasteiger partial charge in [0.15, 0.2) is 11.0 Å². The van der Waals surface area contributed by atoms with Gasteiger partial charge in [-0.05, 0) is 62.6 Å². The number of rotatable bonds is 6. The maximum atomic E-state index is 6.05. The Kier molecular flexibility index (Phi) is 6.16. The van der Waals surface area contributed by atoms with Gasteiger partial charge in [0.05, 0.1) is 11.9 Å². The van der Waals surface area contributed by atoms with E-state index in [1.54, 1.807) is 6.20 Å². The summed E-state index contributed by atoms with van der Waals surface area (Å²) in [6, 6.07) is 9.92. The number of pyridine rings is 1. The second-order valence-corrected chi connectivity index (χ2v) is 8.38. The first-order valence-electron chi connectivity index (χ1n) is 9.92. The Balaban J connectivity index is 1.57. The molecule has 0 spiro atoms. The molecular weight excluding hydrogens is 380 g/mol. The third kappa shape index (κ3) is 4.63. The maximum Gasteiger partial charge on any atom is 0.196 e. The Labute approximate surface area is 175 Å². The van der Waals surface area contributed by atoms with E-state index in [9.17, 15) is 0 Å². The van der Waals surface area contributed by atoms with E-state index in [4.69, 9.17) is 4.74 Å². The molecule has 1 fully saturated rings. The molecule has 0 bridgehead atoms. The van der Waals surface area contributed by atoms with Crippen molar-refractivity contribution >= 4 is 11.8 Å². The second kappa shape index (κ2) is 9.15. The quantitative estimate of drug-likeness (QED) is 0.544. The minimum Gasteiger partial charge on any atom is -0.486 e. The molecule has 29 heavy (non-hydrogen) atoms. The van der Waals surface area contributed by atoms with Crippen LogP contribution in [0.5, 0.6) is 5.75 Å². The monoisotopic (exact) mass is 404 g/mol. The van der Waals surface area contributed by atoms with Crippen molar-refractivity contribution < 1.29 is 4.74 Å². The first-order valence-corrected chi connectivity index (χ1v) is 10.8. The van der Waals surface area contributed by atoms with Gasteiger partial charge >= 0.3 is 0 Å². The lowest BCUT2D eigenvalue weighted by atomic mass is 10.1. The average Bonchev–Trinajstić information content (AvgIpc) is 3.39. The van der Waals surface area contributed by atoms with E-state index in [1.165, 1.54) is 25.7 Å². The Hall–Kier alpha value is -2.78. The van der Waals surface area contributed by atoms with Gasteiger partial charge in [0.25, 0.3) is 0 Å². The van der Waals surface area contributed by atoms with E-state index in [-0.39, 0.29) is 0 Å². The minimum atomic E-state index is 0.339. The van der Waals surface area contributed by atoms with Crippen molar-refractivity contribution in [1.29, 1.82) is 0 Å². The predicted molar refractivity (Wildman–Crippen MR) is 115 cm³/mol. The van der Waals surface area contributed by atoms with E-state index < -0.39 is 0 Å². The highest BCUT2D eigenvalue weighted by Crippen LogP contribution is 2.35. The van der Waals surface area contributed by atoms with Crippen LogP contribution in [-0.4, -0.2) is 25.0 Å². The van der Waals surface area contributed by atoms with Gasteiger partial charge < -0.3 is 4.74 Å². The summed E-state index contributed by atoms with van der Waals surface area (Å²) in [5.41, 5.74) is 3.08. The first kappa shape index (κ1) is 19.5. The van der Waals surface area contributed by atoms with Crippen molar-refractivity contribution in [2.24, 2.45) is 0 Å². The molecule has 4 rings (SSSR count). The number of nitrogens with zero attached hydrogens (tertiary/aromatic N) is 4. The summed E-state index contributed by atoms with van der Waals surface area (Å²) in [4.78, 5) is 4.27. The number of thioether (sulfide) groups is 1. The molecule has 0 unspecified atom stereocenters. The number of hydrogen-bond acceptors (Lipinski definition) is 5. The average molecular weight is 405 g/mol. The fourth-order valence-electron chi connectivity index (χ4n) is 3.52. The van der Waals surface area contributed by atoms with Crippen molar-refractivity contribution in [3.8, 4) is 23.3 Å². The third-order valence-electron chi connectivity index (χ3n) is 5.00. The zero-order valence-electron chi connectivity index (χ0n) is 16.8. The summed E-state index contributed by atoms with van der Waals surface area (Å²) >= 11 is 1.82. The van der Waals surface area contributed by atoms with Crippen molar-refractivity contribution in [3.05, 3.63) is 59.7 Å². The van der Waals surface area contributed by atoms with Crippen LogP contribution in [-0.2, 0) is 6.61 Å². The first-order chi connectivity index (χ1) is 14.2. The van der Waals surface area contributed by atoms with Gasteiger partial charge in [-0.2, -0.15) is 0 Å². The molecule has 2 heterocycles. The number of benzene rings is 1. The highest BCUT2D eigenvalue weighted by atomic mass is 32.2. The van der Waals surface area contributed by atoms with Crippen molar-refractivity contribution in [2.45, 2.75) is 56.5 Å². The highest BCUT2D eigenvalue weighted by Gasteiger charge is 2.22. The molecule has 0 aliphatic heterocycles. The van der Waals surface area contributed by atoms with E-state index in [0.717, 1.165) is 33.5 Å². The van der Waals surface area contributed by atoms with Crippen LogP contribution in [0.3, 0.4) is 0 Å². The van der Waals surface area contributed by atoms with Crippen LogP contribution < -0.4 is 4.74 Å². The molecule has 0 amide bonds.